The molecule has 2 aliphatic heterocycles. The Morgan fingerprint density at radius 1 is 1.27 bits per heavy atom. The quantitative estimate of drug-likeness (QED) is 0.745. The van der Waals surface area contributed by atoms with Crippen LogP contribution in [0.5, 0.6) is 0 Å². The smallest absolute Gasteiger partial charge is 0.258 e. The zero-order chi connectivity index (χ0) is 21.4. The van der Waals surface area contributed by atoms with Crippen molar-refractivity contribution in [2.24, 2.45) is 11.8 Å². The number of carbonyl (C=O) groups is 2. The normalized spacial score (nSPS) is 27.0. The van der Waals surface area contributed by atoms with Gasteiger partial charge in [-0.15, -0.1) is 0 Å². The first-order chi connectivity index (χ1) is 14.5. The second-order valence-corrected chi connectivity index (χ2v) is 8.55. The fourth-order valence-corrected chi connectivity index (χ4v) is 5.46. The van der Waals surface area contributed by atoms with Gasteiger partial charge in [0.05, 0.1) is 6.04 Å². The lowest BCUT2D eigenvalue weighted by molar-refractivity contribution is -0.141. The Hall–Kier alpha value is -2.41. The highest BCUT2D eigenvalue weighted by atomic mass is 16.3. The molecule has 0 bridgehead atoms. The first-order valence-corrected chi connectivity index (χ1v) is 11.2. The number of nitrogens with one attached hydrogen (secondary N) is 1. The summed E-state index contributed by atoms with van der Waals surface area (Å²) in [6, 6.07) is 2.76. The number of nitrogens with zero attached hydrogens (tertiary/aromatic N) is 2. The minimum atomic E-state index is -0.704. The standard InChI is InChI=1S/C23H31N3O4/c1-3-11-24-22(29)21-17(13-27)16-12-25-18(20(16)26(21)19(28)4-2)10-9-15(23(25)30)14-7-5-6-8-14/h7,9-10,16-17,20-21,27H,3-6,8,11-13H2,1-2H3,(H,24,29)/t16-,17-,20+,21-/m0/s1. The molecule has 0 aromatic carbocycles. The Balaban J connectivity index is 1.76. The molecule has 1 saturated heterocycles. The Bertz CT molecular complexity index is 935. The van der Waals surface area contributed by atoms with Crippen LogP contribution in [0, 0.1) is 11.8 Å². The van der Waals surface area contributed by atoms with E-state index in [2.05, 4.69) is 11.4 Å². The first-order valence-electron chi connectivity index (χ1n) is 11.2. The summed E-state index contributed by atoms with van der Waals surface area (Å²) >= 11 is 0. The molecule has 2 N–H and O–H groups in total. The van der Waals surface area contributed by atoms with E-state index in [9.17, 15) is 19.5 Å². The van der Waals surface area contributed by atoms with Crippen molar-refractivity contribution >= 4 is 17.4 Å². The molecular formula is C23H31N3O4. The van der Waals surface area contributed by atoms with E-state index < -0.39 is 12.0 Å². The summed E-state index contributed by atoms with van der Waals surface area (Å²) in [5.74, 6) is -0.881. The lowest BCUT2D eigenvalue weighted by Gasteiger charge is -2.30. The van der Waals surface area contributed by atoms with E-state index in [1.807, 2.05) is 19.1 Å². The van der Waals surface area contributed by atoms with Crippen LogP contribution >= 0.6 is 0 Å². The number of pyridine rings is 1. The van der Waals surface area contributed by atoms with E-state index in [0.717, 1.165) is 42.5 Å². The Kier molecular flexibility index (Phi) is 5.82. The number of fused-ring (bicyclic) bond motifs is 3. The number of likely N-dealkylation sites (tertiary alicyclic amines) is 1. The summed E-state index contributed by atoms with van der Waals surface area (Å²) in [7, 11) is 0. The average molecular weight is 414 g/mol. The highest BCUT2D eigenvalue weighted by molar-refractivity contribution is 5.89. The van der Waals surface area contributed by atoms with Crippen LogP contribution in [0.4, 0.5) is 0 Å². The van der Waals surface area contributed by atoms with Gasteiger partial charge in [-0.2, -0.15) is 0 Å². The number of rotatable bonds is 6. The maximum Gasteiger partial charge on any atom is 0.258 e. The molecule has 1 aromatic heterocycles. The van der Waals surface area contributed by atoms with Crippen molar-refractivity contribution in [2.75, 3.05) is 13.2 Å². The van der Waals surface area contributed by atoms with Crippen molar-refractivity contribution in [1.82, 2.24) is 14.8 Å². The van der Waals surface area contributed by atoms with Gasteiger partial charge >= 0.3 is 0 Å². The Labute approximate surface area is 176 Å². The van der Waals surface area contributed by atoms with Crippen molar-refractivity contribution in [3.8, 4) is 0 Å². The van der Waals surface area contributed by atoms with Gasteiger partial charge in [-0.3, -0.25) is 14.4 Å². The summed E-state index contributed by atoms with van der Waals surface area (Å²) in [5, 5.41) is 13.1. The molecular weight excluding hydrogens is 382 g/mol. The molecule has 0 radical (unpaired) electrons. The molecule has 1 aliphatic carbocycles. The van der Waals surface area contributed by atoms with E-state index in [4.69, 9.17) is 0 Å². The molecule has 2 amide bonds. The summed E-state index contributed by atoms with van der Waals surface area (Å²) < 4.78 is 1.77. The fraction of sp³-hybridized carbons (Fsp3) is 0.609. The number of aliphatic hydroxyl groups excluding tert-OH is 1. The predicted octanol–water partition coefficient (Wildman–Crippen LogP) is 1.84. The third kappa shape index (κ3) is 3.20. The SMILES string of the molecule is CCCNC(=O)[C@@H]1[C@@H](CO)[C@@H]2Cn3c(ccc(C4=CCCC4)c3=O)[C@@H]2N1C(=O)CC. The van der Waals surface area contributed by atoms with E-state index in [1.54, 1.807) is 16.4 Å². The topological polar surface area (TPSA) is 91.6 Å². The summed E-state index contributed by atoms with van der Waals surface area (Å²) in [4.78, 5) is 40.8. The van der Waals surface area contributed by atoms with Gasteiger partial charge in [-0.1, -0.05) is 19.9 Å². The fourth-order valence-electron chi connectivity index (χ4n) is 5.46. The molecule has 1 aromatic rings. The van der Waals surface area contributed by atoms with E-state index in [0.29, 0.717) is 13.1 Å². The molecule has 30 heavy (non-hydrogen) atoms. The number of hydrogen-bond acceptors (Lipinski definition) is 4. The second kappa shape index (κ2) is 8.38. The van der Waals surface area contributed by atoms with E-state index in [-0.39, 0.29) is 42.4 Å². The van der Waals surface area contributed by atoms with Gasteiger partial charge in [0.15, 0.2) is 0 Å². The largest absolute Gasteiger partial charge is 0.396 e. The van der Waals surface area contributed by atoms with Gasteiger partial charge in [0.25, 0.3) is 5.56 Å². The van der Waals surface area contributed by atoms with Gasteiger partial charge in [0.2, 0.25) is 11.8 Å². The number of allylic oxidation sites excluding steroid dienone is 2. The van der Waals surface area contributed by atoms with Crippen molar-refractivity contribution in [3.05, 3.63) is 39.8 Å². The number of hydrogen-bond donors (Lipinski definition) is 2. The molecule has 3 aliphatic rings. The molecule has 162 valence electrons. The second-order valence-electron chi connectivity index (χ2n) is 8.55. The zero-order valence-electron chi connectivity index (χ0n) is 17.8. The number of aliphatic hydroxyl groups is 1. The number of aromatic nitrogens is 1. The van der Waals surface area contributed by atoms with Crippen LogP contribution in [0.2, 0.25) is 0 Å². The maximum atomic E-state index is 13.3. The summed E-state index contributed by atoms with van der Waals surface area (Å²) in [5.41, 5.74) is 2.59. The van der Waals surface area contributed by atoms with Gasteiger partial charge in [0.1, 0.15) is 6.04 Å². The lowest BCUT2D eigenvalue weighted by atomic mass is 9.88. The lowest BCUT2D eigenvalue weighted by Crippen LogP contribution is -2.50. The summed E-state index contributed by atoms with van der Waals surface area (Å²) in [6.45, 7) is 4.52. The molecule has 0 unspecified atom stereocenters. The zero-order valence-corrected chi connectivity index (χ0v) is 17.8. The Morgan fingerprint density at radius 2 is 2.07 bits per heavy atom. The van der Waals surface area contributed by atoms with Crippen LogP contribution in [-0.4, -0.2) is 45.6 Å². The predicted molar refractivity (Wildman–Crippen MR) is 114 cm³/mol. The Morgan fingerprint density at radius 3 is 2.70 bits per heavy atom. The highest BCUT2D eigenvalue weighted by Gasteiger charge is 2.56. The third-order valence-electron chi connectivity index (χ3n) is 6.87. The maximum absolute atomic E-state index is 13.3. The molecule has 4 rings (SSSR count). The molecule has 7 nitrogen and oxygen atoms in total. The molecule has 1 fully saturated rings. The van der Waals surface area contributed by atoms with Gasteiger partial charge in [0, 0.05) is 49.2 Å². The third-order valence-corrected chi connectivity index (χ3v) is 6.87. The van der Waals surface area contributed by atoms with Crippen LogP contribution in [0.1, 0.15) is 63.3 Å². The molecule has 0 spiro atoms. The van der Waals surface area contributed by atoms with E-state index >= 15 is 0 Å². The molecule has 0 saturated carbocycles. The van der Waals surface area contributed by atoms with Gasteiger partial charge < -0.3 is 19.9 Å². The van der Waals surface area contributed by atoms with Crippen LogP contribution in [0.15, 0.2) is 23.0 Å². The van der Waals surface area contributed by atoms with Gasteiger partial charge in [-0.05, 0) is 43.4 Å². The van der Waals surface area contributed by atoms with Crippen LogP contribution < -0.4 is 10.9 Å². The van der Waals surface area contributed by atoms with E-state index in [1.165, 1.54) is 0 Å². The number of amides is 2. The molecule has 7 heteroatoms. The molecule has 3 heterocycles. The van der Waals surface area contributed by atoms with Crippen LogP contribution in [0.3, 0.4) is 0 Å². The molecule has 4 atom stereocenters. The minimum absolute atomic E-state index is 0.0254. The number of carbonyl (C=O) groups excluding carboxylic acids is 2. The van der Waals surface area contributed by atoms with Crippen LogP contribution in [-0.2, 0) is 16.1 Å². The minimum Gasteiger partial charge on any atom is -0.396 e. The highest BCUT2D eigenvalue weighted by Crippen LogP contribution is 2.49. The van der Waals surface area contributed by atoms with Crippen molar-refractivity contribution < 1.29 is 14.7 Å². The first kappa shape index (κ1) is 20.8. The van der Waals surface area contributed by atoms with Crippen molar-refractivity contribution in [2.45, 2.75) is 64.6 Å². The van der Waals surface area contributed by atoms with Gasteiger partial charge in [-0.25, -0.2) is 0 Å². The monoisotopic (exact) mass is 413 g/mol. The van der Waals surface area contributed by atoms with Crippen molar-refractivity contribution in [1.29, 1.82) is 0 Å². The van der Waals surface area contributed by atoms with Crippen molar-refractivity contribution in [3.63, 3.8) is 0 Å². The summed E-state index contributed by atoms with van der Waals surface area (Å²) in [6.07, 6.45) is 6.20. The average Bonchev–Trinajstić information content (AvgIpc) is 3.46. The van der Waals surface area contributed by atoms with Crippen LogP contribution in [0.25, 0.3) is 5.57 Å².